The topological polar surface area (TPSA) is 51.8 Å². The van der Waals surface area contributed by atoms with Gasteiger partial charge in [0.2, 0.25) is 5.95 Å². The first-order chi connectivity index (χ1) is 7.58. The standard InChI is InChI=1S/C11H9ClFN3/c1-6-9(4-7(12)5-15-6)8-2-3-10(14)16-11(8)13/h2-5H,1H3,(H2,14,16). The molecule has 82 valence electrons. The maximum absolute atomic E-state index is 13.6. The molecular formula is C11H9ClFN3. The highest BCUT2D eigenvalue weighted by Gasteiger charge is 2.10. The zero-order valence-electron chi connectivity index (χ0n) is 8.54. The maximum Gasteiger partial charge on any atom is 0.222 e. The van der Waals surface area contributed by atoms with E-state index in [1.165, 1.54) is 6.20 Å². The summed E-state index contributed by atoms with van der Waals surface area (Å²) in [7, 11) is 0. The van der Waals surface area contributed by atoms with Crippen molar-refractivity contribution < 1.29 is 4.39 Å². The van der Waals surface area contributed by atoms with E-state index in [1.807, 2.05) is 0 Å². The summed E-state index contributed by atoms with van der Waals surface area (Å²) >= 11 is 5.82. The van der Waals surface area contributed by atoms with Crippen LogP contribution in [0.2, 0.25) is 5.02 Å². The summed E-state index contributed by atoms with van der Waals surface area (Å²) in [6.45, 7) is 1.78. The highest BCUT2D eigenvalue weighted by atomic mass is 35.5. The molecule has 0 fully saturated rings. The molecule has 5 heteroatoms. The average molecular weight is 238 g/mol. The molecule has 0 atom stereocenters. The normalized spacial score (nSPS) is 10.4. The van der Waals surface area contributed by atoms with E-state index in [-0.39, 0.29) is 5.82 Å². The van der Waals surface area contributed by atoms with Crippen molar-refractivity contribution >= 4 is 17.4 Å². The minimum Gasteiger partial charge on any atom is -0.384 e. The van der Waals surface area contributed by atoms with Gasteiger partial charge < -0.3 is 5.73 Å². The van der Waals surface area contributed by atoms with Gasteiger partial charge in [-0.1, -0.05) is 11.6 Å². The van der Waals surface area contributed by atoms with Gasteiger partial charge in [0, 0.05) is 23.0 Å². The number of halogens is 2. The van der Waals surface area contributed by atoms with E-state index >= 15 is 0 Å². The van der Waals surface area contributed by atoms with E-state index in [1.54, 1.807) is 25.1 Å². The van der Waals surface area contributed by atoms with E-state index in [2.05, 4.69) is 9.97 Å². The van der Waals surface area contributed by atoms with Crippen molar-refractivity contribution in [1.29, 1.82) is 0 Å². The lowest BCUT2D eigenvalue weighted by Gasteiger charge is -2.06. The van der Waals surface area contributed by atoms with E-state index in [4.69, 9.17) is 17.3 Å². The molecular weight excluding hydrogens is 229 g/mol. The molecule has 0 unspecified atom stereocenters. The van der Waals surface area contributed by atoms with Crippen LogP contribution in [0.5, 0.6) is 0 Å². The smallest absolute Gasteiger partial charge is 0.222 e. The van der Waals surface area contributed by atoms with Crippen LogP contribution in [0.25, 0.3) is 11.1 Å². The van der Waals surface area contributed by atoms with Crippen molar-refractivity contribution in [3.8, 4) is 11.1 Å². The molecule has 0 bridgehead atoms. The molecule has 0 saturated carbocycles. The van der Waals surface area contributed by atoms with Gasteiger partial charge in [-0.25, -0.2) is 4.98 Å². The third-order valence-electron chi connectivity index (χ3n) is 2.21. The first-order valence-corrected chi connectivity index (χ1v) is 5.00. The van der Waals surface area contributed by atoms with E-state index in [9.17, 15) is 4.39 Å². The van der Waals surface area contributed by atoms with Crippen LogP contribution < -0.4 is 5.73 Å². The molecule has 0 aliphatic heterocycles. The molecule has 2 N–H and O–H groups in total. The second-order valence-corrected chi connectivity index (χ2v) is 3.80. The first kappa shape index (κ1) is 10.8. The van der Waals surface area contributed by atoms with Crippen molar-refractivity contribution in [2.24, 2.45) is 0 Å². The third kappa shape index (κ3) is 1.97. The van der Waals surface area contributed by atoms with Crippen molar-refractivity contribution in [2.75, 3.05) is 5.73 Å². The summed E-state index contributed by atoms with van der Waals surface area (Å²) in [5.74, 6) is -0.471. The minimum atomic E-state index is -0.618. The van der Waals surface area contributed by atoms with Gasteiger partial charge in [-0.2, -0.15) is 4.39 Å². The number of aromatic nitrogens is 2. The van der Waals surface area contributed by atoms with Gasteiger partial charge >= 0.3 is 0 Å². The van der Waals surface area contributed by atoms with Crippen LogP contribution in [0, 0.1) is 12.9 Å². The number of pyridine rings is 2. The molecule has 16 heavy (non-hydrogen) atoms. The van der Waals surface area contributed by atoms with E-state index < -0.39 is 5.95 Å². The molecule has 2 heterocycles. The quantitative estimate of drug-likeness (QED) is 0.776. The monoisotopic (exact) mass is 237 g/mol. The van der Waals surface area contributed by atoms with Gasteiger partial charge in [0.15, 0.2) is 0 Å². The second kappa shape index (κ2) is 4.06. The van der Waals surface area contributed by atoms with Crippen LogP contribution in [-0.2, 0) is 0 Å². The minimum absolute atomic E-state index is 0.147. The fraction of sp³-hybridized carbons (Fsp3) is 0.0909. The molecule has 0 aliphatic carbocycles. The lowest BCUT2D eigenvalue weighted by Crippen LogP contribution is -1.97. The van der Waals surface area contributed by atoms with Crippen molar-refractivity contribution in [2.45, 2.75) is 6.92 Å². The van der Waals surface area contributed by atoms with E-state index in [0.717, 1.165) is 0 Å². The molecule has 2 aromatic rings. The number of aryl methyl sites for hydroxylation is 1. The molecule has 0 aliphatic rings. The Labute approximate surface area is 97.1 Å². The maximum atomic E-state index is 13.6. The zero-order valence-corrected chi connectivity index (χ0v) is 9.29. The zero-order chi connectivity index (χ0) is 11.7. The molecule has 0 aromatic carbocycles. The first-order valence-electron chi connectivity index (χ1n) is 4.62. The Balaban J connectivity index is 2.62. The van der Waals surface area contributed by atoms with Gasteiger partial charge in [-0.15, -0.1) is 0 Å². The van der Waals surface area contributed by atoms with Crippen molar-refractivity contribution in [3.05, 3.63) is 41.1 Å². The largest absolute Gasteiger partial charge is 0.384 e. The number of nitrogens with two attached hydrogens (primary N) is 1. The number of rotatable bonds is 1. The Morgan fingerprint density at radius 3 is 2.75 bits per heavy atom. The summed E-state index contributed by atoms with van der Waals surface area (Å²) < 4.78 is 13.6. The molecule has 3 nitrogen and oxygen atoms in total. The van der Waals surface area contributed by atoms with Crippen molar-refractivity contribution in [1.82, 2.24) is 9.97 Å². The van der Waals surface area contributed by atoms with Crippen molar-refractivity contribution in [3.63, 3.8) is 0 Å². The highest BCUT2D eigenvalue weighted by Crippen LogP contribution is 2.26. The molecule has 0 amide bonds. The summed E-state index contributed by atoms with van der Waals surface area (Å²) in [5, 5.41) is 0.455. The Hall–Kier alpha value is -1.68. The Morgan fingerprint density at radius 1 is 1.31 bits per heavy atom. The van der Waals surface area contributed by atoms with Crippen LogP contribution in [0.4, 0.5) is 10.2 Å². The summed E-state index contributed by atoms with van der Waals surface area (Å²) in [6.07, 6.45) is 1.52. The molecule has 0 radical (unpaired) electrons. The predicted molar refractivity (Wildman–Crippen MR) is 61.6 cm³/mol. The molecule has 0 spiro atoms. The van der Waals surface area contributed by atoms with Gasteiger partial charge in [-0.05, 0) is 25.1 Å². The fourth-order valence-electron chi connectivity index (χ4n) is 1.43. The second-order valence-electron chi connectivity index (χ2n) is 3.36. The van der Waals surface area contributed by atoms with Crippen LogP contribution in [-0.4, -0.2) is 9.97 Å². The van der Waals surface area contributed by atoms with Gasteiger partial charge in [0.25, 0.3) is 0 Å². The average Bonchev–Trinajstić information content (AvgIpc) is 2.22. The number of hydrogen-bond acceptors (Lipinski definition) is 3. The Kier molecular flexibility index (Phi) is 2.75. The number of hydrogen-bond donors (Lipinski definition) is 1. The summed E-state index contributed by atoms with van der Waals surface area (Å²) in [6, 6.07) is 4.76. The Morgan fingerprint density at radius 2 is 2.06 bits per heavy atom. The number of nitrogens with zero attached hydrogens (tertiary/aromatic N) is 2. The SMILES string of the molecule is Cc1ncc(Cl)cc1-c1ccc(N)nc1F. The van der Waals surface area contributed by atoms with Crippen LogP contribution in [0.3, 0.4) is 0 Å². The van der Waals surface area contributed by atoms with Crippen LogP contribution in [0.1, 0.15) is 5.69 Å². The fourth-order valence-corrected chi connectivity index (χ4v) is 1.59. The lowest BCUT2D eigenvalue weighted by atomic mass is 10.1. The summed E-state index contributed by atoms with van der Waals surface area (Å²) in [4.78, 5) is 7.62. The third-order valence-corrected chi connectivity index (χ3v) is 2.42. The molecule has 2 aromatic heterocycles. The van der Waals surface area contributed by atoms with Crippen LogP contribution in [0.15, 0.2) is 24.4 Å². The number of nitrogen functional groups attached to an aromatic ring is 1. The molecule has 0 saturated heterocycles. The van der Waals surface area contributed by atoms with E-state index in [0.29, 0.717) is 21.8 Å². The van der Waals surface area contributed by atoms with Gasteiger partial charge in [0.05, 0.1) is 5.02 Å². The lowest BCUT2D eigenvalue weighted by molar-refractivity contribution is 0.589. The highest BCUT2D eigenvalue weighted by molar-refractivity contribution is 6.30. The number of anilines is 1. The van der Waals surface area contributed by atoms with Crippen LogP contribution >= 0.6 is 11.6 Å². The summed E-state index contributed by atoms with van der Waals surface area (Å²) in [5.41, 5.74) is 7.04. The Bertz CT molecular complexity index is 543. The van der Waals surface area contributed by atoms with Gasteiger partial charge in [-0.3, -0.25) is 4.98 Å². The van der Waals surface area contributed by atoms with Gasteiger partial charge in [0.1, 0.15) is 5.82 Å². The predicted octanol–water partition coefficient (Wildman–Crippen LogP) is 2.83. The molecule has 2 rings (SSSR count).